The Kier molecular flexibility index (Phi) is 6.83. The van der Waals surface area contributed by atoms with Crippen molar-refractivity contribution in [3.8, 4) is 17.1 Å². The maximum atomic E-state index is 12.7. The number of carbonyl (C=O) groups is 1. The van der Waals surface area contributed by atoms with E-state index in [1.807, 2.05) is 36.4 Å². The monoisotopic (exact) mass is 489 g/mol. The number of hydrogen-bond donors (Lipinski definition) is 1. The summed E-state index contributed by atoms with van der Waals surface area (Å²) in [7, 11) is 1.66. The summed E-state index contributed by atoms with van der Waals surface area (Å²) in [5, 5.41) is 5.05. The van der Waals surface area contributed by atoms with Gasteiger partial charge < -0.3 is 10.1 Å². The topological polar surface area (TPSA) is 64.1 Å². The van der Waals surface area contributed by atoms with E-state index in [1.165, 1.54) is 40.6 Å². The molecule has 1 N–H and O–H groups in total. The number of anilines is 1. The summed E-state index contributed by atoms with van der Waals surface area (Å²) < 4.78 is 5.29. The van der Waals surface area contributed by atoms with Crippen molar-refractivity contribution in [2.45, 2.75) is 44.1 Å². The third-order valence-electron chi connectivity index (χ3n) is 6.12. The molecule has 7 heteroatoms. The third kappa shape index (κ3) is 4.81. The zero-order chi connectivity index (χ0) is 23.5. The maximum absolute atomic E-state index is 12.7. The van der Waals surface area contributed by atoms with Crippen LogP contribution < -0.4 is 10.1 Å². The molecular weight excluding hydrogens is 462 g/mol. The van der Waals surface area contributed by atoms with Crippen molar-refractivity contribution in [1.29, 1.82) is 0 Å². The first-order chi connectivity index (χ1) is 16.6. The van der Waals surface area contributed by atoms with E-state index in [0.29, 0.717) is 11.6 Å². The van der Waals surface area contributed by atoms with E-state index in [9.17, 15) is 4.79 Å². The number of fused-ring (bicyclic) bond motifs is 3. The van der Waals surface area contributed by atoms with Gasteiger partial charge in [0.2, 0.25) is 5.91 Å². The molecule has 0 fully saturated rings. The molecule has 0 bridgehead atoms. The minimum absolute atomic E-state index is 0.0314. The first kappa shape index (κ1) is 22.9. The van der Waals surface area contributed by atoms with Crippen molar-refractivity contribution < 1.29 is 9.53 Å². The van der Waals surface area contributed by atoms with E-state index in [-0.39, 0.29) is 5.91 Å². The zero-order valence-electron chi connectivity index (χ0n) is 19.4. The minimum Gasteiger partial charge on any atom is -0.497 e. The van der Waals surface area contributed by atoms with E-state index < -0.39 is 0 Å². The van der Waals surface area contributed by atoms with Gasteiger partial charge in [0, 0.05) is 21.5 Å². The number of thiophene rings is 1. The predicted octanol–water partition coefficient (Wildman–Crippen LogP) is 6.54. The van der Waals surface area contributed by atoms with Gasteiger partial charge in [0.15, 0.2) is 5.82 Å². The quantitative estimate of drug-likeness (QED) is 0.236. The normalized spacial score (nSPS) is 13.0. The van der Waals surface area contributed by atoms with Crippen molar-refractivity contribution in [3.63, 3.8) is 0 Å². The van der Waals surface area contributed by atoms with Gasteiger partial charge in [-0.15, -0.1) is 11.3 Å². The number of rotatable bonds is 7. The molecule has 34 heavy (non-hydrogen) atoms. The lowest BCUT2D eigenvalue weighted by Crippen LogP contribution is -2.14. The molecule has 4 aromatic rings. The van der Waals surface area contributed by atoms with Crippen LogP contribution in [0.25, 0.3) is 21.6 Å². The van der Waals surface area contributed by atoms with Crippen LogP contribution in [0.5, 0.6) is 5.75 Å². The van der Waals surface area contributed by atoms with Crippen LogP contribution in [-0.4, -0.2) is 28.7 Å². The molecule has 0 radical (unpaired) electrons. The number of methoxy groups -OCH3 is 1. The standard InChI is InChI=1S/C27H27N3O2S2/c1-3-17-8-12-19(13-9-17)28-23(31)16-33-26-24-21-6-4-5-7-22(21)34-27(24)30-25(29-26)18-10-14-20(32-2)15-11-18/h8-15H,3-7,16H2,1-2H3,(H,28,31). The molecule has 2 heterocycles. The number of thioether (sulfide) groups is 1. The number of carbonyl (C=O) groups excluding carboxylic acids is 1. The summed E-state index contributed by atoms with van der Waals surface area (Å²) in [6.07, 6.45) is 5.56. The van der Waals surface area contributed by atoms with Crippen LogP contribution in [0.3, 0.4) is 0 Å². The fourth-order valence-corrected chi connectivity index (χ4v) is 6.43. The lowest BCUT2D eigenvalue weighted by atomic mass is 9.97. The van der Waals surface area contributed by atoms with Crippen LogP contribution in [0.1, 0.15) is 35.8 Å². The summed E-state index contributed by atoms with van der Waals surface area (Å²) in [4.78, 5) is 25.1. The minimum atomic E-state index is -0.0314. The molecule has 1 amide bonds. The smallest absolute Gasteiger partial charge is 0.234 e. The van der Waals surface area contributed by atoms with Gasteiger partial charge in [-0.05, 0) is 79.6 Å². The first-order valence-electron chi connectivity index (χ1n) is 11.6. The van der Waals surface area contributed by atoms with Crippen LogP contribution >= 0.6 is 23.1 Å². The van der Waals surface area contributed by atoms with Crippen LogP contribution in [0.4, 0.5) is 5.69 Å². The zero-order valence-corrected chi connectivity index (χ0v) is 21.0. The molecule has 5 rings (SSSR count). The molecule has 1 aliphatic rings. The molecule has 0 saturated carbocycles. The fourth-order valence-electron chi connectivity index (χ4n) is 4.25. The third-order valence-corrected chi connectivity index (χ3v) is 8.28. The summed E-state index contributed by atoms with van der Waals surface area (Å²) in [6, 6.07) is 15.8. The van der Waals surface area contributed by atoms with Gasteiger partial charge in [-0.1, -0.05) is 30.8 Å². The number of hydrogen-bond acceptors (Lipinski definition) is 6. The van der Waals surface area contributed by atoms with Gasteiger partial charge in [0.1, 0.15) is 15.6 Å². The molecular formula is C27H27N3O2S2. The lowest BCUT2D eigenvalue weighted by molar-refractivity contribution is -0.113. The summed E-state index contributed by atoms with van der Waals surface area (Å²) >= 11 is 3.28. The Hall–Kier alpha value is -2.90. The number of ether oxygens (including phenoxy) is 1. The molecule has 0 saturated heterocycles. The Morgan fingerprint density at radius 2 is 1.82 bits per heavy atom. The van der Waals surface area contributed by atoms with Crippen molar-refractivity contribution in [2.75, 3.05) is 18.2 Å². The summed E-state index contributed by atoms with van der Waals surface area (Å²) in [6.45, 7) is 2.12. The fraction of sp³-hybridized carbons (Fsp3) is 0.296. The van der Waals surface area contributed by atoms with Crippen LogP contribution in [0.2, 0.25) is 0 Å². The largest absolute Gasteiger partial charge is 0.497 e. The average molecular weight is 490 g/mol. The number of amides is 1. The van der Waals surface area contributed by atoms with Crippen molar-refractivity contribution in [3.05, 3.63) is 64.5 Å². The van der Waals surface area contributed by atoms with Crippen LogP contribution in [0, 0.1) is 0 Å². The van der Waals surface area contributed by atoms with Gasteiger partial charge in [-0.2, -0.15) is 0 Å². The highest BCUT2D eigenvalue weighted by atomic mass is 32.2. The second kappa shape index (κ2) is 10.2. The van der Waals surface area contributed by atoms with Gasteiger partial charge in [-0.3, -0.25) is 4.79 Å². The summed E-state index contributed by atoms with van der Waals surface area (Å²) in [5.41, 5.74) is 4.40. The van der Waals surface area contributed by atoms with E-state index in [4.69, 9.17) is 14.7 Å². The number of aromatic nitrogens is 2. The molecule has 5 nitrogen and oxygen atoms in total. The van der Waals surface area contributed by atoms with E-state index in [2.05, 4.69) is 24.4 Å². The first-order valence-corrected chi connectivity index (χ1v) is 13.4. The Labute approximate surface area is 208 Å². The number of nitrogens with one attached hydrogen (secondary N) is 1. The number of nitrogens with zero attached hydrogens (tertiary/aromatic N) is 2. The molecule has 2 aromatic carbocycles. The molecule has 0 unspecified atom stereocenters. The Bertz CT molecular complexity index is 1310. The number of aryl methyl sites for hydroxylation is 3. The highest BCUT2D eigenvalue weighted by Crippen LogP contribution is 2.40. The second-order valence-corrected chi connectivity index (χ2v) is 10.4. The second-order valence-electron chi connectivity index (χ2n) is 8.36. The van der Waals surface area contributed by atoms with Gasteiger partial charge >= 0.3 is 0 Å². The van der Waals surface area contributed by atoms with Crippen LogP contribution in [0.15, 0.2) is 53.6 Å². The van der Waals surface area contributed by atoms with E-state index in [1.54, 1.807) is 18.4 Å². The Balaban J connectivity index is 1.43. The van der Waals surface area contributed by atoms with E-state index in [0.717, 1.165) is 51.5 Å². The Morgan fingerprint density at radius 3 is 2.56 bits per heavy atom. The highest BCUT2D eigenvalue weighted by molar-refractivity contribution is 8.00. The molecule has 2 aromatic heterocycles. The van der Waals surface area contributed by atoms with Crippen molar-refractivity contribution in [1.82, 2.24) is 9.97 Å². The molecule has 0 aliphatic heterocycles. The van der Waals surface area contributed by atoms with Gasteiger partial charge in [0.25, 0.3) is 0 Å². The molecule has 0 spiro atoms. The lowest BCUT2D eigenvalue weighted by Gasteiger charge is -2.12. The van der Waals surface area contributed by atoms with Crippen molar-refractivity contribution >= 4 is 44.9 Å². The molecule has 0 atom stereocenters. The highest BCUT2D eigenvalue weighted by Gasteiger charge is 2.22. The van der Waals surface area contributed by atoms with Gasteiger partial charge in [-0.25, -0.2) is 9.97 Å². The molecule has 1 aliphatic carbocycles. The van der Waals surface area contributed by atoms with E-state index >= 15 is 0 Å². The number of benzene rings is 2. The maximum Gasteiger partial charge on any atom is 0.234 e. The average Bonchev–Trinajstić information content (AvgIpc) is 3.26. The molecule has 174 valence electrons. The van der Waals surface area contributed by atoms with Crippen LogP contribution in [-0.2, 0) is 24.1 Å². The SMILES string of the molecule is CCc1ccc(NC(=O)CSc2nc(-c3ccc(OC)cc3)nc3sc4c(c23)CCCC4)cc1. The van der Waals surface area contributed by atoms with Gasteiger partial charge in [0.05, 0.1) is 12.9 Å². The van der Waals surface area contributed by atoms with Crippen molar-refractivity contribution in [2.24, 2.45) is 0 Å². The predicted molar refractivity (Wildman–Crippen MR) is 141 cm³/mol. The summed E-state index contributed by atoms with van der Waals surface area (Å²) in [5.74, 6) is 1.76. The Morgan fingerprint density at radius 1 is 1.06 bits per heavy atom.